The largest absolute Gasteiger partial charge is 0.416 e. The van der Waals surface area contributed by atoms with Crippen LogP contribution in [0.1, 0.15) is 18.1 Å². The van der Waals surface area contributed by atoms with Gasteiger partial charge < -0.3 is 15.1 Å². The van der Waals surface area contributed by atoms with Gasteiger partial charge in [0.1, 0.15) is 5.78 Å². The van der Waals surface area contributed by atoms with Crippen LogP contribution in [-0.2, 0) is 22.0 Å². The molecule has 1 aromatic carbocycles. The van der Waals surface area contributed by atoms with Crippen molar-refractivity contribution in [3.05, 3.63) is 35.4 Å². The Morgan fingerprint density at radius 2 is 1.80 bits per heavy atom. The van der Waals surface area contributed by atoms with Crippen LogP contribution in [0.5, 0.6) is 0 Å². The minimum atomic E-state index is -4.59. The van der Waals surface area contributed by atoms with Gasteiger partial charge in [-0.1, -0.05) is 12.1 Å². The maximum absolute atomic E-state index is 12.4. The molecule has 0 saturated heterocycles. The predicted molar refractivity (Wildman–Crippen MR) is 64.8 cm³/mol. The molecule has 1 amide bonds. The maximum Gasteiger partial charge on any atom is 0.416 e. The summed E-state index contributed by atoms with van der Waals surface area (Å²) >= 11 is 0. The van der Waals surface area contributed by atoms with Gasteiger partial charge in [0, 0.05) is 13.3 Å². The van der Waals surface area contributed by atoms with Crippen molar-refractivity contribution in [1.82, 2.24) is 5.32 Å². The first-order chi connectivity index (χ1) is 9.00. The third-order valence-electron chi connectivity index (χ3n) is 2.49. The zero-order valence-electron chi connectivity index (χ0n) is 10.4. The summed E-state index contributed by atoms with van der Waals surface area (Å²) in [6.07, 6.45) is -4.74. The fourth-order valence-corrected chi connectivity index (χ4v) is 2.34. The second-order valence-electron chi connectivity index (χ2n) is 4.20. The number of halogens is 3. The van der Waals surface area contributed by atoms with Crippen molar-refractivity contribution in [3.8, 4) is 0 Å². The highest BCUT2D eigenvalue weighted by Gasteiger charge is 2.32. The molecule has 3 N–H and O–H groups in total. The Morgan fingerprint density at radius 1 is 1.30 bits per heavy atom. The summed E-state index contributed by atoms with van der Waals surface area (Å²) in [5, 5.41) is 2.09. The number of rotatable bonds is 4. The van der Waals surface area contributed by atoms with Crippen molar-refractivity contribution in [1.29, 1.82) is 0 Å². The van der Waals surface area contributed by atoms with Crippen molar-refractivity contribution in [2.24, 2.45) is 0 Å². The second kappa shape index (κ2) is 5.95. The Balaban J connectivity index is 2.90. The molecule has 0 radical (unpaired) electrons. The highest BCUT2D eigenvalue weighted by molar-refractivity contribution is 7.52. The van der Waals surface area contributed by atoms with Crippen LogP contribution in [0.2, 0.25) is 0 Å². The lowest BCUT2D eigenvalue weighted by Gasteiger charge is -2.19. The molecule has 0 heterocycles. The van der Waals surface area contributed by atoms with Crippen molar-refractivity contribution in [3.63, 3.8) is 0 Å². The summed E-state index contributed by atoms with van der Waals surface area (Å²) in [5.41, 5.74) is -0.575. The Labute approximate surface area is 113 Å². The smallest absolute Gasteiger partial charge is 0.342 e. The maximum atomic E-state index is 12.4. The van der Waals surface area contributed by atoms with E-state index in [0.717, 1.165) is 31.2 Å². The first kappa shape index (κ1) is 16.7. The monoisotopic (exact) mass is 311 g/mol. The molecular formula is C11H13F3NO4P. The van der Waals surface area contributed by atoms with E-state index in [0.29, 0.717) is 0 Å². The first-order valence-corrected chi connectivity index (χ1v) is 7.17. The van der Waals surface area contributed by atoms with Crippen LogP contribution in [-0.4, -0.2) is 21.5 Å². The number of nitrogens with one attached hydrogen (secondary N) is 1. The summed E-state index contributed by atoms with van der Waals surface area (Å²) in [6.45, 7) is 1.09. The van der Waals surface area contributed by atoms with E-state index in [1.807, 2.05) is 0 Å². The summed E-state index contributed by atoms with van der Waals surface area (Å²) in [5.74, 6) is -2.10. The lowest BCUT2D eigenvalue weighted by Crippen LogP contribution is -2.34. The molecule has 1 atom stereocenters. The van der Waals surface area contributed by atoms with Gasteiger partial charge >= 0.3 is 13.8 Å². The normalized spacial score (nSPS) is 13.9. The average molecular weight is 311 g/mol. The first-order valence-electron chi connectivity index (χ1n) is 5.48. The number of carbonyl (C=O) groups is 1. The zero-order valence-corrected chi connectivity index (χ0v) is 11.3. The quantitative estimate of drug-likeness (QED) is 0.741. The minimum Gasteiger partial charge on any atom is -0.342 e. The fourth-order valence-electron chi connectivity index (χ4n) is 1.54. The van der Waals surface area contributed by atoms with Gasteiger partial charge in [-0.3, -0.25) is 9.36 Å². The molecule has 0 fully saturated rings. The molecule has 0 unspecified atom stereocenters. The Hall–Kier alpha value is -1.37. The van der Waals surface area contributed by atoms with E-state index in [1.54, 1.807) is 0 Å². The lowest BCUT2D eigenvalue weighted by atomic mass is 10.1. The standard InChI is InChI=1S/C11H13F3NO4P/c1-7(16)15-10(20(17,18)19)6-8-2-4-9(5-3-8)11(12,13)14/h2-5,10H,6H2,1H3,(H,15,16)(H2,17,18,19)/t10-/m1/s1. The van der Waals surface area contributed by atoms with Gasteiger partial charge in [0.25, 0.3) is 0 Å². The van der Waals surface area contributed by atoms with Gasteiger partial charge in [-0.25, -0.2) is 0 Å². The molecular weight excluding hydrogens is 298 g/mol. The molecule has 5 nitrogen and oxygen atoms in total. The van der Waals surface area contributed by atoms with Crippen LogP contribution in [0.15, 0.2) is 24.3 Å². The number of carbonyl (C=O) groups excluding carboxylic acids is 1. The third-order valence-corrected chi connectivity index (χ3v) is 3.61. The van der Waals surface area contributed by atoms with Crippen LogP contribution in [0, 0.1) is 0 Å². The van der Waals surface area contributed by atoms with Crippen molar-refractivity contribution in [2.75, 3.05) is 0 Å². The van der Waals surface area contributed by atoms with E-state index in [1.165, 1.54) is 0 Å². The number of hydrogen-bond donors (Lipinski definition) is 3. The fraction of sp³-hybridized carbons (Fsp3) is 0.364. The van der Waals surface area contributed by atoms with Crippen molar-refractivity contribution >= 4 is 13.5 Å². The highest BCUT2D eigenvalue weighted by atomic mass is 31.2. The van der Waals surface area contributed by atoms with Gasteiger partial charge in [0.2, 0.25) is 5.91 Å². The minimum absolute atomic E-state index is 0.262. The van der Waals surface area contributed by atoms with Crippen LogP contribution >= 0.6 is 7.60 Å². The van der Waals surface area contributed by atoms with Gasteiger partial charge in [0.15, 0.2) is 0 Å². The number of hydrogen-bond acceptors (Lipinski definition) is 2. The summed E-state index contributed by atoms with van der Waals surface area (Å²) in [4.78, 5) is 29.0. The van der Waals surface area contributed by atoms with Crippen LogP contribution in [0.4, 0.5) is 13.2 Å². The van der Waals surface area contributed by atoms with Gasteiger partial charge in [-0.2, -0.15) is 13.2 Å². The van der Waals surface area contributed by atoms with E-state index in [9.17, 15) is 22.5 Å². The van der Waals surface area contributed by atoms with E-state index in [2.05, 4.69) is 5.32 Å². The summed E-state index contributed by atoms with van der Waals surface area (Å²) in [6, 6.07) is 3.88. The van der Waals surface area contributed by atoms with Crippen molar-refractivity contribution in [2.45, 2.75) is 25.3 Å². The van der Waals surface area contributed by atoms with E-state index in [4.69, 9.17) is 9.79 Å². The molecule has 0 aromatic heterocycles. The molecule has 0 bridgehead atoms. The van der Waals surface area contributed by atoms with Gasteiger partial charge in [-0.15, -0.1) is 0 Å². The lowest BCUT2D eigenvalue weighted by molar-refractivity contribution is -0.137. The Morgan fingerprint density at radius 3 is 2.15 bits per heavy atom. The molecule has 112 valence electrons. The topological polar surface area (TPSA) is 86.6 Å². The number of benzene rings is 1. The molecule has 0 aliphatic carbocycles. The van der Waals surface area contributed by atoms with Gasteiger partial charge in [-0.05, 0) is 17.7 Å². The van der Waals surface area contributed by atoms with Crippen LogP contribution < -0.4 is 5.32 Å². The molecule has 0 spiro atoms. The zero-order chi connectivity index (χ0) is 15.6. The molecule has 9 heteroatoms. The molecule has 0 aliphatic heterocycles. The van der Waals surface area contributed by atoms with E-state index < -0.39 is 31.0 Å². The molecule has 0 aliphatic rings. The Bertz CT molecular complexity index is 523. The van der Waals surface area contributed by atoms with Crippen LogP contribution in [0.3, 0.4) is 0 Å². The van der Waals surface area contributed by atoms with Crippen LogP contribution in [0.25, 0.3) is 0 Å². The van der Waals surface area contributed by atoms with E-state index >= 15 is 0 Å². The Kier molecular flexibility index (Phi) is 4.96. The number of alkyl halides is 3. The third kappa shape index (κ3) is 4.96. The SMILES string of the molecule is CC(=O)N[C@@H](Cc1ccc(C(F)(F)F)cc1)P(=O)(O)O. The van der Waals surface area contributed by atoms with Crippen molar-refractivity contribution < 1.29 is 32.3 Å². The molecule has 1 rings (SSSR count). The average Bonchev–Trinajstić information content (AvgIpc) is 2.25. The number of amides is 1. The summed E-state index contributed by atoms with van der Waals surface area (Å²) < 4.78 is 48.3. The predicted octanol–water partition coefficient (Wildman–Crippen LogP) is 1.89. The summed E-state index contributed by atoms with van der Waals surface area (Å²) in [7, 11) is -4.59. The molecule has 0 saturated carbocycles. The van der Waals surface area contributed by atoms with E-state index in [-0.39, 0.29) is 12.0 Å². The van der Waals surface area contributed by atoms with Gasteiger partial charge in [0.05, 0.1) is 5.56 Å². The highest BCUT2D eigenvalue weighted by Crippen LogP contribution is 2.41. The second-order valence-corrected chi connectivity index (χ2v) is 6.01. The molecule has 1 aromatic rings. The molecule has 20 heavy (non-hydrogen) atoms.